The Morgan fingerprint density at radius 2 is 1.88 bits per heavy atom. The van der Waals surface area contributed by atoms with Gasteiger partial charge in [0.25, 0.3) is 0 Å². The van der Waals surface area contributed by atoms with Crippen LogP contribution >= 0.6 is 0 Å². The van der Waals surface area contributed by atoms with Crippen LogP contribution in [0.2, 0.25) is 0 Å². The molecule has 0 bridgehead atoms. The lowest BCUT2D eigenvalue weighted by molar-refractivity contribution is 0.237. The molecule has 6 nitrogen and oxygen atoms in total. The lowest BCUT2D eigenvalue weighted by Crippen LogP contribution is -2.36. The number of aromatic nitrogens is 3. The van der Waals surface area contributed by atoms with Gasteiger partial charge >= 0.3 is 6.03 Å². The summed E-state index contributed by atoms with van der Waals surface area (Å²) in [5.41, 5.74) is 3.03. The molecule has 2 N–H and O–H groups in total. The van der Waals surface area contributed by atoms with Gasteiger partial charge < -0.3 is 10.6 Å². The highest BCUT2D eigenvalue weighted by molar-refractivity contribution is 5.74. The molecule has 0 aliphatic rings. The fraction of sp³-hybridized carbons (Fsp3) is 0.167. The number of nitrogens with zero attached hydrogens (tertiary/aromatic N) is 3. The Hall–Kier alpha value is -3.15. The van der Waals surface area contributed by atoms with Crippen molar-refractivity contribution in [3.05, 3.63) is 78.4 Å². The number of pyridine rings is 1. The van der Waals surface area contributed by atoms with Crippen molar-refractivity contribution in [3.8, 4) is 5.69 Å². The van der Waals surface area contributed by atoms with Crippen molar-refractivity contribution in [2.24, 2.45) is 0 Å². The van der Waals surface area contributed by atoms with E-state index in [1.807, 2.05) is 55.6 Å². The first-order valence-corrected chi connectivity index (χ1v) is 7.75. The number of hydrogen-bond acceptors (Lipinski definition) is 3. The molecular weight excluding hydrogens is 302 g/mol. The Labute approximate surface area is 140 Å². The SMILES string of the molecule is C[C@@H](NC(=O)NCc1ccncc1)c1ccc(-n2cccn2)cc1. The maximum absolute atomic E-state index is 12.0. The highest BCUT2D eigenvalue weighted by atomic mass is 16.2. The molecule has 2 heterocycles. The molecule has 0 unspecified atom stereocenters. The third kappa shape index (κ3) is 3.98. The van der Waals surface area contributed by atoms with Crippen LogP contribution in [0.3, 0.4) is 0 Å². The predicted octanol–water partition coefficient (Wildman–Crippen LogP) is 2.83. The quantitative estimate of drug-likeness (QED) is 0.759. The summed E-state index contributed by atoms with van der Waals surface area (Å²) in [4.78, 5) is 16.0. The molecule has 0 aliphatic carbocycles. The Kier molecular flexibility index (Phi) is 4.86. The second-order valence-corrected chi connectivity index (χ2v) is 5.45. The molecule has 0 radical (unpaired) electrons. The zero-order valence-electron chi connectivity index (χ0n) is 13.4. The van der Waals surface area contributed by atoms with Crippen LogP contribution in [0.5, 0.6) is 0 Å². The molecule has 0 saturated heterocycles. The van der Waals surface area contributed by atoms with E-state index < -0.39 is 0 Å². The van der Waals surface area contributed by atoms with E-state index in [0.717, 1.165) is 16.8 Å². The van der Waals surface area contributed by atoms with Crippen LogP contribution in [0.15, 0.2) is 67.3 Å². The van der Waals surface area contributed by atoms with Crippen molar-refractivity contribution in [1.29, 1.82) is 0 Å². The zero-order valence-corrected chi connectivity index (χ0v) is 13.4. The summed E-state index contributed by atoms with van der Waals surface area (Å²) in [6, 6.07) is 13.3. The number of benzene rings is 1. The van der Waals surface area contributed by atoms with Gasteiger partial charge in [-0.05, 0) is 48.4 Å². The zero-order chi connectivity index (χ0) is 16.8. The average Bonchev–Trinajstić information content (AvgIpc) is 3.16. The third-order valence-electron chi connectivity index (χ3n) is 3.71. The standard InChI is InChI=1S/C18H19N5O/c1-14(22-18(24)20-13-15-7-10-19-11-8-15)16-3-5-17(6-4-16)23-12-2-9-21-23/h2-12,14H,13H2,1H3,(H2,20,22,24)/t14-/m1/s1. The van der Waals surface area contributed by atoms with Gasteiger partial charge in [0.05, 0.1) is 11.7 Å². The molecule has 2 aromatic heterocycles. The highest BCUT2D eigenvalue weighted by Gasteiger charge is 2.09. The molecule has 0 fully saturated rings. The van der Waals surface area contributed by atoms with Gasteiger partial charge in [-0.15, -0.1) is 0 Å². The van der Waals surface area contributed by atoms with Crippen molar-refractivity contribution in [2.75, 3.05) is 0 Å². The minimum absolute atomic E-state index is 0.0888. The van der Waals surface area contributed by atoms with E-state index in [9.17, 15) is 4.79 Å². The van der Waals surface area contributed by atoms with E-state index in [1.54, 1.807) is 23.3 Å². The van der Waals surface area contributed by atoms with E-state index in [1.165, 1.54) is 0 Å². The van der Waals surface area contributed by atoms with Gasteiger partial charge in [0.1, 0.15) is 0 Å². The second-order valence-electron chi connectivity index (χ2n) is 5.45. The molecular formula is C18H19N5O. The van der Waals surface area contributed by atoms with E-state index in [-0.39, 0.29) is 12.1 Å². The molecule has 3 aromatic rings. The summed E-state index contributed by atoms with van der Waals surface area (Å²) >= 11 is 0. The maximum atomic E-state index is 12.0. The van der Waals surface area contributed by atoms with Crippen molar-refractivity contribution in [1.82, 2.24) is 25.4 Å². The minimum Gasteiger partial charge on any atom is -0.334 e. The monoisotopic (exact) mass is 321 g/mol. The molecule has 3 rings (SSSR count). The van der Waals surface area contributed by atoms with E-state index in [4.69, 9.17) is 0 Å². The Morgan fingerprint density at radius 3 is 2.54 bits per heavy atom. The number of carbonyl (C=O) groups is 1. The van der Waals surface area contributed by atoms with Crippen LogP contribution < -0.4 is 10.6 Å². The lowest BCUT2D eigenvalue weighted by atomic mass is 10.1. The number of amides is 2. The van der Waals surface area contributed by atoms with Crippen LogP contribution in [0, 0.1) is 0 Å². The molecule has 0 aliphatic heterocycles. The molecule has 0 saturated carbocycles. The topological polar surface area (TPSA) is 71.8 Å². The number of urea groups is 1. The van der Waals surface area contributed by atoms with Crippen molar-refractivity contribution < 1.29 is 4.79 Å². The summed E-state index contributed by atoms with van der Waals surface area (Å²) in [6.07, 6.45) is 7.05. The Bertz CT molecular complexity index is 769. The highest BCUT2D eigenvalue weighted by Crippen LogP contribution is 2.15. The van der Waals surface area contributed by atoms with Crippen LogP contribution in [-0.2, 0) is 6.54 Å². The number of nitrogens with one attached hydrogen (secondary N) is 2. The lowest BCUT2D eigenvalue weighted by Gasteiger charge is -2.15. The summed E-state index contributed by atoms with van der Waals surface area (Å²) in [5.74, 6) is 0. The third-order valence-corrected chi connectivity index (χ3v) is 3.71. The molecule has 1 atom stereocenters. The molecule has 0 spiro atoms. The molecule has 1 aromatic carbocycles. The maximum Gasteiger partial charge on any atom is 0.315 e. The minimum atomic E-state index is -0.199. The number of carbonyl (C=O) groups excluding carboxylic acids is 1. The van der Waals surface area contributed by atoms with E-state index >= 15 is 0 Å². The fourth-order valence-corrected chi connectivity index (χ4v) is 2.35. The molecule has 6 heteroatoms. The van der Waals surface area contributed by atoms with E-state index in [0.29, 0.717) is 6.54 Å². The van der Waals surface area contributed by atoms with Crippen LogP contribution in [0.4, 0.5) is 4.79 Å². The largest absolute Gasteiger partial charge is 0.334 e. The second kappa shape index (κ2) is 7.41. The van der Waals surface area contributed by atoms with Crippen LogP contribution in [0.1, 0.15) is 24.1 Å². The normalized spacial score (nSPS) is 11.7. The average molecular weight is 321 g/mol. The molecule has 2 amide bonds. The smallest absolute Gasteiger partial charge is 0.315 e. The van der Waals surface area contributed by atoms with Gasteiger partial charge in [-0.3, -0.25) is 4.98 Å². The first-order chi connectivity index (χ1) is 11.7. The Morgan fingerprint density at radius 1 is 1.12 bits per heavy atom. The van der Waals surface area contributed by atoms with Crippen LogP contribution in [0.25, 0.3) is 5.69 Å². The van der Waals surface area contributed by atoms with Crippen LogP contribution in [-0.4, -0.2) is 20.8 Å². The predicted molar refractivity (Wildman–Crippen MR) is 91.6 cm³/mol. The van der Waals surface area contributed by atoms with Gasteiger partial charge in [-0.1, -0.05) is 12.1 Å². The van der Waals surface area contributed by atoms with Gasteiger partial charge in [0.15, 0.2) is 0 Å². The summed E-state index contributed by atoms with van der Waals surface area (Å²) < 4.78 is 1.79. The van der Waals surface area contributed by atoms with Crippen molar-refractivity contribution in [2.45, 2.75) is 19.5 Å². The summed E-state index contributed by atoms with van der Waals surface area (Å²) in [6.45, 7) is 2.42. The Balaban J connectivity index is 1.54. The first-order valence-electron chi connectivity index (χ1n) is 7.75. The van der Waals surface area contributed by atoms with E-state index in [2.05, 4.69) is 20.7 Å². The first kappa shape index (κ1) is 15.7. The number of hydrogen-bond donors (Lipinski definition) is 2. The molecule has 122 valence electrons. The number of rotatable bonds is 5. The van der Waals surface area contributed by atoms with Gasteiger partial charge in [0.2, 0.25) is 0 Å². The van der Waals surface area contributed by atoms with Gasteiger partial charge in [-0.25, -0.2) is 9.48 Å². The summed E-state index contributed by atoms with van der Waals surface area (Å²) in [7, 11) is 0. The van der Waals surface area contributed by atoms with Crippen molar-refractivity contribution >= 4 is 6.03 Å². The van der Waals surface area contributed by atoms with Gasteiger partial charge in [0, 0.05) is 31.3 Å². The fourth-order valence-electron chi connectivity index (χ4n) is 2.35. The van der Waals surface area contributed by atoms with Gasteiger partial charge in [-0.2, -0.15) is 5.10 Å². The summed E-state index contributed by atoms with van der Waals surface area (Å²) in [5, 5.41) is 9.97. The van der Waals surface area contributed by atoms with Crippen molar-refractivity contribution in [3.63, 3.8) is 0 Å². The molecule has 24 heavy (non-hydrogen) atoms.